The summed E-state index contributed by atoms with van der Waals surface area (Å²) in [6.07, 6.45) is 2.18. The molecule has 0 spiro atoms. The second kappa shape index (κ2) is 7.49. The number of hydrogen-bond donors (Lipinski definition) is 1. The van der Waals surface area contributed by atoms with E-state index in [1.54, 1.807) is 7.11 Å². The van der Waals surface area contributed by atoms with Crippen molar-refractivity contribution in [2.45, 2.75) is 24.4 Å². The van der Waals surface area contributed by atoms with Crippen molar-refractivity contribution in [2.24, 2.45) is 0 Å². The lowest BCUT2D eigenvalue weighted by atomic mass is 9.95. The summed E-state index contributed by atoms with van der Waals surface area (Å²) < 4.78 is 5.00. The molecule has 1 N–H and O–H groups in total. The Morgan fingerprint density at radius 3 is 2.30 bits per heavy atom. The van der Waals surface area contributed by atoms with Gasteiger partial charge in [0.15, 0.2) is 0 Å². The number of β-amino-alcohol motifs (C(OH)–C–C–N with tert-alkyl or cyclic N) is 1. The number of nitrogens with zero attached hydrogens (tertiary/aromatic N) is 2. The van der Waals surface area contributed by atoms with Crippen LogP contribution < -0.4 is 0 Å². The van der Waals surface area contributed by atoms with Crippen molar-refractivity contribution in [3.8, 4) is 0 Å². The Hall–Kier alpha value is -0.650. The molecule has 1 saturated heterocycles. The smallest absolute Gasteiger partial charge is 0.0900 e. The van der Waals surface area contributed by atoms with Crippen molar-refractivity contribution in [1.82, 2.24) is 9.80 Å². The molecule has 4 nitrogen and oxygen atoms in total. The van der Waals surface area contributed by atoms with Crippen molar-refractivity contribution >= 4 is 11.6 Å². The zero-order valence-electron chi connectivity index (χ0n) is 13.9. The number of piperazine rings is 1. The van der Waals surface area contributed by atoms with Crippen LogP contribution in [0.25, 0.3) is 0 Å². The van der Waals surface area contributed by atoms with Crippen LogP contribution in [0.5, 0.6) is 0 Å². The van der Waals surface area contributed by atoms with Crippen molar-refractivity contribution < 1.29 is 9.84 Å². The molecule has 3 rings (SSSR count). The Morgan fingerprint density at radius 1 is 1.13 bits per heavy atom. The maximum absolute atomic E-state index is 9.84. The highest BCUT2D eigenvalue weighted by Gasteiger charge is 2.45. The number of hydrogen-bond acceptors (Lipinski definition) is 4. The standard InChI is InChI=1S/C18H27ClN2O2/c1-23-13-17(22)12-20-8-10-21(11-9-20)14-18(6-7-18)15-2-4-16(19)5-3-15/h2-5,17,22H,6-14H2,1H3. The van der Waals surface area contributed by atoms with Crippen LogP contribution in [0.2, 0.25) is 5.02 Å². The molecule has 23 heavy (non-hydrogen) atoms. The first-order valence-corrected chi connectivity index (χ1v) is 8.87. The van der Waals surface area contributed by atoms with Gasteiger partial charge in [-0.05, 0) is 30.5 Å². The molecule has 0 radical (unpaired) electrons. The molecular weight excluding hydrogens is 312 g/mol. The molecule has 1 saturated carbocycles. The fourth-order valence-corrected chi connectivity index (χ4v) is 3.72. The maximum atomic E-state index is 9.84. The Bertz CT molecular complexity index is 496. The second-order valence-corrected chi connectivity index (χ2v) is 7.41. The van der Waals surface area contributed by atoms with Gasteiger partial charge >= 0.3 is 0 Å². The van der Waals surface area contributed by atoms with Gasteiger partial charge in [-0.2, -0.15) is 0 Å². The summed E-state index contributed by atoms with van der Waals surface area (Å²) in [6, 6.07) is 8.39. The van der Waals surface area contributed by atoms with Crippen LogP contribution in [0.3, 0.4) is 0 Å². The van der Waals surface area contributed by atoms with Gasteiger partial charge in [0, 0.05) is 56.8 Å². The first kappa shape index (κ1) is 17.2. The Kier molecular flexibility index (Phi) is 5.60. The topological polar surface area (TPSA) is 35.9 Å². The number of ether oxygens (including phenoxy) is 1. The molecule has 1 aliphatic heterocycles. The van der Waals surface area contributed by atoms with Gasteiger partial charge in [0.25, 0.3) is 0 Å². The van der Waals surface area contributed by atoms with E-state index in [0.717, 1.165) is 37.7 Å². The average molecular weight is 339 g/mol. The molecule has 0 bridgehead atoms. The van der Waals surface area contributed by atoms with Crippen molar-refractivity contribution in [3.05, 3.63) is 34.9 Å². The van der Waals surface area contributed by atoms with E-state index in [0.29, 0.717) is 18.6 Å². The van der Waals surface area contributed by atoms with Crippen LogP contribution in [-0.4, -0.2) is 74.0 Å². The summed E-state index contributed by atoms with van der Waals surface area (Å²) >= 11 is 6.01. The van der Waals surface area contributed by atoms with Crippen LogP contribution in [0, 0.1) is 0 Å². The average Bonchev–Trinajstić information content (AvgIpc) is 3.31. The van der Waals surface area contributed by atoms with Crippen LogP contribution in [0.1, 0.15) is 18.4 Å². The lowest BCUT2D eigenvalue weighted by Gasteiger charge is -2.37. The van der Waals surface area contributed by atoms with Crippen LogP contribution >= 0.6 is 11.6 Å². The maximum Gasteiger partial charge on any atom is 0.0900 e. The van der Waals surface area contributed by atoms with Crippen LogP contribution in [-0.2, 0) is 10.2 Å². The third-order valence-electron chi connectivity index (χ3n) is 5.13. The highest BCUT2D eigenvalue weighted by Crippen LogP contribution is 2.49. The van der Waals surface area contributed by atoms with E-state index in [4.69, 9.17) is 16.3 Å². The van der Waals surface area contributed by atoms with E-state index in [9.17, 15) is 5.11 Å². The van der Waals surface area contributed by atoms with E-state index in [1.807, 2.05) is 12.1 Å². The van der Waals surface area contributed by atoms with Gasteiger partial charge in [0.2, 0.25) is 0 Å². The summed E-state index contributed by atoms with van der Waals surface area (Å²) in [7, 11) is 1.63. The predicted octanol–water partition coefficient (Wildman–Crippen LogP) is 2.00. The number of aliphatic hydroxyl groups excluding tert-OH is 1. The summed E-state index contributed by atoms with van der Waals surface area (Å²) in [5.74, 6) is 0. The highest BCUT2D eigenvalue weighted by atomic mass is 35.5. The SMILES string of the molecule is COCC(O)CN1CCN(CC2(c3ccc(Cl)cc3)CC2)CC1. The number of aliphatic hydroxyl groups is 1. The molecule has 1 heterocycles. The normalized spacial score (nSPS) is 22.9. The molecular formula is C18H27ClN2O2. The van der Waals surface area contributed by atoms with Gasteiger partial charge in [-0.25, -0.2) is 0 Å². The zero-order valence-corrected chi connectivity index (χ0v) is 14.6. The molecule has 1 aromatic carbocycles. The Labute approximate surface area is 144 Å². The van der Waals surface area contributed by atoms with Crippen LogP contribution in [0.4, 0.5) is 0 Å². The van der Waals surface area contributed by atoms with Gasteiger partial charge in [-0.1, -0.05) is 23.7 Å². The third-order valence-corrected chi connectivity index (χ3v) is 5.38. The van der Waals surface area contributed by atoms with E-state index < -0.39 is 0 Å². The summed E-state index contributed by atoms with van der Waals surface area (Å²) in [5.41, 5.74) is 1.78. The van der Waals surface area contributed by atoms with Gasteiger partial charge < -0.3 is 9.84 Å². The summed E-state index contributed by atoms with van der Waals surface area (Å²) in [5, 5.41) is 10.7. The Balaban J connectivity index is 1.48. The molecule has 1 unspecified atom stereocenters. The quantitative estimate of drug-likeness (QED) is 0.825. The minimum Gasteiger partial charge on any atom is -0.389 e. The number of methoxy groups -OCH3 is 1. The second-order valence-electron chi connectivity index (χ2n) is 6.97. The molecule has 1 aliphatic carbocycles. The molecule has 0 aromatic heterocycles. The molecule has 128 valence electrons. The summed E-state index contributed by atoms with van der Waals surface area (Å²) in [4.78, 5) is 4.91. The largest absolute Gasteiger partial charge is 0.389 e. The molecule has 2 aliphatic rings. The van der Waals surface area contributed by atoms with Crippen molar-refractivity contribution in [3.63, 3.8) is 0 Å². The molecule has 0 amide bonds. The number of halogens is 1. The molecule has 5 heteroatoms. The highest BCUT2D eigenvalue weighted by molar-refractivity contribution is 6.30. The van der Waals surface area contributed by atoms with Crippen molar-refractivity contribution in [2.75, 3.05) is 53.0 Å². The third kappa shape index (κ3) is 4.46. The monoisotopic (exact) mass is 338 g/mol. The zero-order chi connectivity index (χ0) is 16.3. The van der Waals surface area contributed by atoms with E-state index in [1.165, 1.54) is 18.4 Å². The first-order chi connectivity index (χ1) is 11.1. The fraction of sp³-hybridized carbons (Fsp3) is 0.667. The lowest BCUT2D eigenvalue weighted by molar-refractivity contribution is 0.0229. The summed E-state index contributed by atoms with van der Waals surface area (Å²) in [6.45, 7) is 6.48. The fourth-order valence-electron chi connectivity index (χ4n) is 3.59. The van der Waals surface area contributed by atoms with Crippen molar-refractivity contribution in [1.29, 1.82) is 0 Å². The Morgan fingerprint density at radius 2 is 1.74 bits per heavy atom. The van der Waals surface area contributed by atoms with E-state index in [2.05, 4.69) is 21.9 Å². The van der Waals surface area contributed by atoms with Gasteiger partial charge in [0.05, 0.1) is 12.7 Å². The molecule has 2 fully saturated rings. The first-order valence-electron chi connectivity index (χ1n) is 8.49. The van der Waals surface area contributed by atoms with Gasteiger partial charge in [-0.3, -0.25) is 9.80 Å². The molecule has 1 atom stereocenters. The minimum atomic E-state index is -0.379. The minimum absolute atomic E-state index is 0.350. The van der Waals surface area contributed by atoms with Gasteiger partial charge in [-0.15, -0.1) is 0 Å². The lowest BCUT2D eigenvalue weighted by Crippen LogP contribution is -2.50. The van der Waals surface area contributed by atoms with Crippen LogP contribution in [0.15, 0.2) is 24.3 Å². The molecule has 1 aromatic rings. The van der Waals surface area contributed by atoms with E-state index >= 15 is 0 Å². The van der Waals surface area contributed by atoms with Gasteiger partial charge in [0.1, 0.15) is 0 Å². The number of benzene rings is 1. The number of rotatable bonds is 7. The predicted molar refractivity (Wildman–Crippen MR) is 93.1 cm³/mol. The van der Waals surface area contributed by atoms with E-state index in [-0.39, 0.29) is 6.10 Å².